The monoisotopic (exact) mass is 635 g/mol. The molecule has 0 fully saturated rings. The van der Waals surface area contributed by atoms with Crippen LogP contribution in [0.3, 0.4) is 0 Å². The first kappa shape index (κ1) is 36.5. The summed E-state index contributed by atoms with van der Waals surface area (Å²) < 4.78 is 13.8. The molecule has 1 aliphatic heterocycles. The molecule has 3 rings (SSSR count). The van der Waals surface area contributed by atoms with Gasteiger partial charge in [-0.3, -0.25) is 4.79 Å². The van der Waals surface area contributed by atoms with Gasteiger partial charge in [0.25, 0.3) is 0 Å². The molecule has 0 saturated heterocycles. The van der Waals surface area contributed by atoms with Crippen LogP contribution in [0, 0.1) is 5.92 Å². The SMILES string of the molecule is C/C=C\c1c(/C=C/N(CCO)CCCC)oc2cc(=[N+](CCO)CCCC)ccc-2c1CCC1=CC=C(C(=O)O)CC1C(=O)OC. The number of nitrogens with zero attached hydrogens (tertiary/aromatic N) is 2. The first-order chi connectivity index (χ1) is 22.3. The molecule has 3 aliphatic rings. The van der Waals surface area contributed by atoms with Gasteiger partial charge in [0.05, 0.1) is 25.7 Å². The van der Waals surface area contributed by atoms with Crippen molar-refractivity contribution in [3.05, 3.63) is 76.0 Å². The highest BCUT2D eigenvalue weighted by Gasteiger charge is 2.30. The van der Waals surface area contributed by atoms with E-state index in [1.165, 1.54) is 7.11 Å². The quantitative estimate of drug-likeness (QED) is 0.153. The Labute approximate surface area is 272 Å². The van der Waals surface area contributed by atoms with Crippen LogP contribution < -0.4 is 9.93 Å². The number of aliphatic hydroxyl groups is 2. The lowest BCUT2D eigenvalue weighted by Gasteiger charge is -2.23. The summed E-state index contributed by atoms with van der Waals surface area (Å²) in [5.41, 5.74) is 3.92. The Morgan fingerprint density at radius 3 is 2.48 bits per heavy atom. The van der Waals surface area contributed by atoms with Gasteiger partial charge in [0, 0.05) is 48.5 Å². The Balaban J connectivity index is 2.21. The molecule has 2 aliphatic carbocycles. The second kappa shape index (κ2) is 18.9. The van der Waals surface area contributed by atoms with E-state index < -0.39 is 17.9 Å². The van der Waals surface area contributed by atoms with E-state index >= 15 is 0 Å². The first-order valence-electron chi connectivity index (χ1n) is 16.5. The molecule has 9 heteroatoms. The Hall–Kier alpha value is -3.95. The molecule has 1 heterocycles. The number of esters is 1. The van der Waals surface area contributed by atoms with Gasteiger partial charge in [0.15, 0.2) is 6.54 Å². The average Bonchev–Trinajstić information content (AvgIpc) is 3.06. The zero-order valence-electron chi connectivity index (χ0n) is 27.8. The second-order valence-electron chi connectivity index (χ2n) is 11.6. The van der Waals surface area contributed by atoms with Gasteiger partial charge < -0.3 is 29.4 Å². The molecule has 46 heavy (non-hydrogen) atoms. The number of ether oxygens (including phenoxy) is 1. The van der Waals surface area contributed by atoms with Crippen molar-refractivity contribution in [2.24, 2.45) is 5.92 Å². The van der Waals surface area contributed by atoms with Gasteiger partial charge >= 0.3 is 11.9 Å². The van der Waals surface area contributed by atoms with Crippen LogP contribution in [0.15, 0.2) is 58.2 Å². The van der Waals surface area contributed by atoms with Crippen LogP contribution in [0.4, 0.5) is 0 Å². The molecule has 3 N–H and O–H groups in total. The number of methoxy groups -OCH3 is 1. The molecular formula is C37H51N2O7+. The van der Waals surface area contributed by atoms with Crippen molar-refractivity contribution in [1.82, 2.24) is 9.48 Å². The van der Waals surface area contributed by atoms with E-state index in [1.54, 1.807) is 12.2 Å². The third kappa shape index (κ3) is 9.77. The van der Waals surface area contributed by atoms with E-state index in [0.29, 0.717) is 37.5 Å². The van der Waals surface area contributed by atoms with E-state index in [9.17, 15) is 24.9 Å². The molecule has 9 nitrogen and oxygen atoms in total. The number of unbranched alkanes of at least 4 members (excludes halogenated alkanes) is 2. The number of rotatable bonds is 18. The fourth-order valence-electron chi connectivity index (χ4n) is 5.82. The largest absolute Gasteiger partial charge is 0.478 e. The number of benzene rings is 1. The molecule has 0 radical (unpaired) electrons. The van der Waals surface area contributed by atoms with Crippen LogP contribution in [0.5, 0.6) is 0 Å². The van der Waals surface area contributed by atoms with Gasteiger partial charge in [-0.25, -0.2) is 9.37 Å². The maximum atomic E-state index is 12.7. The van der Waals surface area contributed by atoms with Crippen molar-refractivity contribution in [2.75, 3.05) is 46.5 Å². The van der Waals surface area contributed by atoms with Gasteiger partial charge in [0.2, 0.25) is 5.36 Å². The lowest BCUT2D eigenvalue weighted by molar-refractivity contribution is -0.144. The summed E-state index contributed by atoms with van der Waals surface area (Å²) in [5, 5.41) is 29.9. The van der Waals surface area contributed by atoms with E-state index in [2.05, 4.69) is 35.5 Å². The van der Waals surface area contributed by atoms with Gasteiger partial charge in [-0.2, -0.15) is 0 Å². The highest BCUT2D eigenvalue weighted by atomic mass is 16.5. The number of carboxylic acid groups (broad SMARTS) is 1. The third-order valence-corrected chi connectivity index (χ3v) is 8.37. The van der Waals surface area contributed by atoms with Gasteiger partial charge in [-0.05, 0) is 50.3 Å². The van der Waals surface area contributed by atoms with Gasteiger partial charge in [-0.15, -0.1) is 0 Å². The topological polar surface area (TPSA) is 123 Å². The molecule has 0 spiro atoms. The van der Waals surface area contributed by atoms with Crippen molar-refractivity contribution in [2.45, 2.75) is 65.7 Å². The standard InChI is InChI=1S/C37H50N2O7/c1-5-8-18-38(21-23-40)20-17-34-31(10-7-3)30(15-13-27-11-12-28(36(42)43)25-33(27)37(44)45-4)32-16-14-29(26-35(32)46-34)39(22-24-41)19-9-6-2/h7,10-12,14,16-17,20,26,33,40-41H,5-6,8-9,13,15,18-19,21-25H2,1-4H3/p+1/b10-7-. The number of carboxylic acids is 1. The van der Waals surface area contributed by atoms with Gasteiger partial charge in [0.1, 0.15) is 24.7 Å². The fourth-order valence-corrected chi connectivity index (χ4v) is 5.82. The Bertz CT molecular complexity index is 1480. The van der Waals surface area contributed by atoms with Crippen molar-refractivity contribution >= 4 is 24.1 Å². The lowest BCUT2D eigenvalue weighted by Crippen LogP contribution is -2.33. The first-order valence-corrected chi connectivity index (χ1v) is 16.5. The maximum absolute atomic E-state index is 12.7. The van der Waals surface area contributed by atoms with Crippen LogP contribution in [0.25, 0.3) is 23.5 Å². The predicted octanol–water partition coefficient (Wildman–Crippen LogP) is 5.11. The van der Waals surface area contributed by atoms with E-state index in [0.717, 1.165) is 66.4 Å². The Morgan fingerprint density at radius 1 is 1.04 bits per heavy atom. The minimum absolute atomic E-state index is 0.0470. The molecular weight excluding hydrogens is 584 g/mol. The molecule has 1 unspecified atom stereocenters. The summed E-state index contributed by atoms with van der Waals surface area (Å²) in [6.45, 7) is 9.01. The Kier molecular flexibility index (Phi) is 15.0. The predicted molar refractivity (Wildman–Crippen MR) is 182 cm³/mol. The molecule has 0 amide bonds. The number of hydrogen-bond donors (Lipinski definition) is 3. The van der Waals surface area contributed by atoms with E-state index in [-0.39, 0.29) is 25.2 Å². The minimum Gasteiger partial charge on any atom is -0.478 e. The molecule has 1 atom stereocenters. The van der Waals surface area contributed by atoms with E-state index in [1.807, 2.05) is 37.4 Å². The maximum Gasteiger partial charge on any atom is 0.331 e. The van der Waals surface area contributed by atoms with E-state index in [4.69, 9.17) is 9.15 Å². The zero-order chi connectivity index (χ0) is 33.5. The van der Waals surface area contributed by atoms with Crippen molar-refractivity contribution in [3.63, 3.8) is 0 Å². The summed E-state index contributed by atoms with van der Waals surface area (Å²) >= 11 is 0. The summed E-state index contributed by atoms with van der Waals surface area (Å²) in [5.74, 6) is -0.758. The van der Waals surface area contributed by atoms with Crippen molar-refractivity contribution < 1.29 is 34.1 Å². The van der Waals surface area contributed by atoms with Crippen LogP contribution in [-0.2, 0) is 20.7 Å². The number of carbonyl (C=O) groups excluding carboxylic acids is 1. The molecule has 0 aromatic carbocycles. The number of carbonyl (C=O) groups is 2. The highest BCUT2D eigenvalue weighted by molar-refractivity contribution is 5.89. The van der Waals surface area contributed by atoms with Crippen LogP contribution >= 0.6 is 0 Å². The van der Waals surface area contributed by atoms with Gasteiger partial charge in [-0.1, -0.05) is 56.6 Å². The zero-order valence-corrected chi connectivity index (χ0v) is 27.8. The summed E-state index contributed by atoms with van der Waals surface area (Å²) in [4.78, 5) is 26.5. The Morgan fingerprint density at radius 2 is 1.83 bits per heavy atom. The van der Waals surface area contributed by atoms with Crippen molar-refractivity contribution in [1.29, 1.82) is 0 Å². The molecule has 0 aromatic heterocycles. The number of aliphatic hydroxyl groups excluding tert-OH is 2. The third-order valence-electron chi connectivity index (χ3n) is 8.37. The van der Waals surface area contributed by atoms with Crippen molar-refractivity contribution in [3.8, 4) is 11.3 Å². The summed E-state index contributed by atoms with van der Waals surface area (Å²) in [7, 11) is 1.33. The van der Waals surface area contributed by atoms with Crippen LogP contribution in [0.2, 0.25) is 0 Å². The lowest BCUT2D eigenvalue weighted by atomic mass is 9.83. The smallest absolute Gasteiger partial charge is 0.331 e. The summed E-state index contributed by atoms with van der Waals surface area (Å²) in [6.07, 6.45) is 16.6. The highest BCUT2D eigenvalue weighted by Crippen LogP contribution is 2.36. The fraction of sp³-hybridized carbons (Fsp3) is 0.486. The second-order valence-corrected chi connectivity index (χ2v) is 11.6. The molecule has 0 saturated carbocycles. The molecule has 250 valence electrons. The van der Waals surface area contributed by atoms with Crippen LogP contribution in [0.1, 0.15) is 76.2 Å². The normalized spacial score (nSPS) is 15.7. The molecule has 0 aromatic rings. The summed E-state index contributed by atoms with van der Waals surface area (Å²) in [6, 6.07) is 6.16. The minimum atomic E-state index is -1.04. The number of fused-ring (bicyclic) bond motifs is 1. The number of aliphatic carboxylic acids is 1. The number of allylic oxidation sites excluding steroid dienone is 3. The molecule has 0 bridgehead atoms. The van der Waals surface area contributed by atoms with Crippen LogP contribution in [-0.4, -0.2) is 78.7 Å². The average molecular weight is 636 g/mol. The number of hydrogen-bond acceptors (Lipinski definition) is 7.